The van der Waals surface area contributed by atoms with Gasteiger partial charge in [0, 0.05) is 0 Å². The van der Waals surface area contributed by atoms with Crippen LogP contribution in [0.4, 0.5) is 14.6 Å². The second-order valence-corrected chi connectivity index (χ2v) is 3.78. The Morgan fingerprint density at radius 1 is 1.26 bits per heavy atom. The summed E-state index contributed by atoms with van der Waals surface area (Å²) in [4.78, 5) is 0. The molecular weight excluding hydrogens is 256 g/mol. The first kappa shape index (κ1) is 11.6. The number of furan rings is 1. The summed E-state index contributed by atoms with van der Waals surface area (Å²) in [5.41, 5.74) is 0.277. The highest BCUT2D eigenvalue weighted by Crippen LogP contribution is 2.17. The number of hydrogen-bond acceptors (Lipinski definition) is 5. The predicted octanol–water partition coefficient (Wildman–Crippen LogP) is 2.27. The fraction of sp³-hybridized carbons (Fsp3) is 0.182. The molecule has 0 spiro atoms. The highest BCUT2D eigenvalue weighted by Gasteiger charge is 2.16. The molecule has 98 valence electrons. The molecule has 6 nitrogen and oxygen atoms in total. The minimum absolute atomic E-state index is 0.277. The van der Waals surface area contributed by atoms with E-state index in [-0.39, 0.29) is 5.65 Å². The van der Waals surface area contributed by atoms with Gasteiger partial charge < -0.3 is 9.73 Å². The van der Waals surface area contributed by atoms with Crippen molar-refractivity contribution >= 4 is 11.5 Å². The molecule has 1 N–H and O–H groups in total. The van der Waals surface area contributed by atoms with Gasteiger partial charge in [0.1, 0.15) is 11.6 Å². The Morgan fingerprint density at radius 3 is 2.89 bits per heavy atom. The molecule has 0 unspecified atom stereocenters. The second-order valence-electron chi connectivity index (χ2n) is 3.78. The average Bonchev–Trinajstić information content (AvgIpc) is 3.05. The van der Waals surface area contributed by atoms with Crippen LogP contribution in [-0.4, -0.2) is 19.8 Å². The van der Waals surface area contributed by atoms with Crippen LogP contribution in [0.15, 0.2) is 34.9 Å². The lowest BCUT2D eigenvalue weighted by Crippen LogP contribution is -2.05. The van der Waals surface area contributed by atoms with Crippen LogP contribution in [0.1, 0.15) is 18.0 Å². The molecule has 3 heterocycles. The summed E-state index contributed by atoms with van der Waals surface area (Å²) in [6.45, 7) is 0.414. The minimum atomic E-state index is -2.72. The van der Waals surface area contributed by atoms with E-state index in [9.17, 15) is 8.78 Å². The number of nitrogens with one attached hydrogen (secondary N) is 1. The first-order valence-electron chi connectivity index (χ1n) is 5.51. The van der Waals surface area contributed by atoms with Crippen LogP contribution >= 0.6 is 0 Å². The molecule has 0 radical (unpaired) electrons. The van der Waals surface area contributed by atoms with Gasteiger partial charge in [-0.15, -0.1) is 15.3 Å². The van der Waals surface area contributed by atoms with Gasteiger partial charge in [0.05, 0.1) is 12.8 Å². The lowest BCUT2D eigenvalue weighted by atomic mass is 10.4. The summed E-state index contributed by atoms with van der Waals surface area (Å²) in [5.74, 6) is 0.682. The van der Waals surface area contributed by atoms with Crippen molar-refractivity contribution in [2.24, 2.45) is 0 Å². The highest BCUT2D eigenvalue weighted by atomic mass is 19.3. The third-order valence-corrected chi connectivity index (χ3v) is 2.51. The van der Waals surface area contributed by atoms with Crippen LogP contribution in [0.3, 0.4) is 0 Å². The van der Waals surface area contributed by atoms with Crippen molar-refractivity contribution in [1.29, 1.82) is 0 Å². The average molecular weight is 265 g/mol. The van der Waals surface area contributed by atoms with E-state index >= 15 is 0 Å². The molecule has 3 aromatic rings. The van der Waals surface area contributed by atoms with Gasteiger partial charge in [0.15, 0.2) is 5.65 Å². The zero-order valence-electron chi connectivity index (χ0n) is 9.62. The van der Waals surface area contributed by atoms with Crippen molar-refractivity contribution < 1.29 is 13.2 Å². The van der Waals surface area contributed by atoms with Crippen molar-refractivity contribution in [2.45, 2.75) is 13.0 Å². The van der Waals surface area contributed by atoms with E-state index in [4.69, 9.17) is 4.42 Å². The first-order valence-corrected chi connectivity index (χ1v) is 5.51. The van der Waals surface area contributed by atoms with E-state index in [1.165, 1.54) is 0 Å². The standard InChI is InChI=1S/C11H9F2N5O/c12-10(13)11-16-15-9-4-3-8(17-18(9)11)14-6-7-2-1-5-19-7/h1-5,10H,6H2,(H,14,17). The van der Waals surface area contributed by atoms with Gasteiger partial charge in [0.25, 0.3) is 6.43 Å². The Hall–Kier alpha value is -2.51. The summed E-state index contributed by atoms with van der Waals surface area (Å²) in [6.07, 6.45) is -1.16. The maximum atomic E-state index is 12.7. The highest BCUT2D eigenvalue weighted by molar-refractivity contribution is 5.44. The lowest BCUT2D eigenvalue weighted by Gasteiger charge is -2.04. The molecule has 3 aromatic heterocycles. The normalized spacial score (nSPS) is 11.3. The van der Waals surface area contributed by atoms with E-state index in [2.05, 4.69) is 20.6 Å². The van der Waals surface area contributed by atoms with Crippen molar-refractivity contribution in [2.75, 3.05) is 5.32 Å². The maximum absolute atomic E-state index is 12.7. The molecule has 8 heteroatoms. The van der Waals surface area contributed by atoms with Crippen molar-refractivity contribution in [1.82, 2.24) is 19.8 Å². The summed E-state index contributed by atoms with van der Waals surface area (Å²) in [7, 11) is 0. The minimum Gasteiger partial charge on any atom is -0.467 e. The monoisotopic (exact) mass is 265 g/mol. The SMILES string of the molecule is FC(F)c1nnc2ccc(NCc3ccco3)nn12. The summed E-state index contributed by atoms with van der Waals surface area (Å²) in [5, 5.41) is 14.0. The zero-order chi connectivity index (χ0) is 13.2. The Bertz CT molecular complexity index is 680. The largest absolute Gasteiger partial charge is 0.467 e. The number of rotatable bonds is 4. The molecule has 0 aliphatic carbocycles. The second kappa shape index (κ2) is 4.63. The Kier molecular flexibility index (Phi) is 2.82. The number of hydrogen-bond donors (Lipinski definition) is 1. The smallest absolute Gasteiger partial charge is 0.299 e. The molecule has 0 fully saturated rings. The van der Waals surface area contributed by atoms with Gasteiger partial charge in [-0.25, -0.2) is 8.78 Å². The van der Waals surface area contributed by atoms with Gasteiger partial charge >= 0.3 is 0 Å². The molecule has 0 atom stereocenters. The van der Waals surface area contributed by atoms with Crippen LogP contribution in [-0.2, 0) is 6.54 Å². The fourth-order valence-electron chi connectivity index (χ4n) is 1.63. The quantitative estimate of drug-likeness (QED) is 0.783. The van der Waals surface area contributed by atoms with Gasteiger partial charge in [0.2, 0.25) is 5.82 Å². The lowest BCUT2D eigenvalue weighted by molar-refractivity contribution is 0.137. The Balaban J connectivity index is 1.86. The van der Waals surface area contributed by atoms with Crippen molar-refractivity contribution in [3.63, 3.8) is 0 Å². The molecule has 3 rings (SSSR count). The molecule has 19 heavy (non-hydrogen) atoms. The molecule has 0 saturated heterocycles. The van der Waals surface area contributed by atoms with E-state index in [1.807, 2.05) is 0 Å². The van der Waals surface area contributed by atoms with Crippen molar-refractivity contribution in [3.8, 4) is 0 Å². The van der Waals surface area contributed by atoms with Crippen LogP contribution in [0.2, 0.25) is 0 Å². The number of aromatic nitrogens is 4. The first-order chi connectivity index (χ1) is 9.24. The third kappa shape index (κ3) is 2.24. The molecule has 0 saturated carbocycles. The van der Waals surface area contributed by atoms with Crippen LogP contribution in [0, 0.1) is 0 Å². The van der Waals surface area contributed by atoms with Gasteiger partial charge in [-0.2, -0.15) is 4.52 Å². The third-order valence-electron chi connectivity index (χ3n) is 2.51. The molecule has 0 amide bonds. The summed E-state index contributed by atoms with van der Waals surface area (Å²) in [6, 6.07) is 6.77. The zero-order valence-corrected chi connectivity index (χ0v) is 9.62. The summed E-state index contributed by atoms with van der Waals surface area (Å²) >= 11 is 0. The molecule has 0 bridgehead atoms. The van der Waals surface area contributed by atoms with Gasteiger partial charge in [-0.3, -0.25) is 0 Å². The van der Waals surface area contributed by atoms with E-state index < -0.39 is 12.2 Å². The Morgan fingerprint density at radius 2 is 2.16 bits per heavy atom. The van der Waals surface area contributed by atoms with Crippen LogP contribution in [0.5, 0.6) is 0 Å². The molecule has 0 aromatic carbocycles. The van der Waals surface area contributed by atoms with Crippen LogP contribution < -0.4 is 5.32 Å². The number of anilines is 1. The predicted molar refractivity (Wildman–Crippen MR) is 61.8 cm³/mol. The summed E-state index contributed by atoms with van der Waals surface area (Å²) < 4.78 is 31.5. The van der Waals surface area contributed by atoms with E-state index in [0.29, 0.717) is 12.4 Å². The Labute approximate surface area is 106 Å². The number of alkyl halides is 2. The molecule has 0 aliphatic heterocycles. The van der Waals surface area contributed by atoms with E-state index in [0.717, 1.165) is 10.3 Å². The molecular formula is C11H9F2N5O. The van der Waals surface area contributed by atoms with Gasteiger partial charge in [-0.1, -0.05) is 0 Å². The van der Waals surface area contributed by atoms with Crippen molar-refractivity contribution in [3.05, 3.63) is 42.1 Å². The number of fused-ring (bicyclic) bond motifs is 1. The molecule has 0 aliphatic rings. The number of nitrogens with zero attached hydrogens (tertiary/aromatic N) is 4. The fourth-order valence-corrected chi connectivity index (χ4v) is 1.63. The van der Waals surface area contributed by atoms with Gasteiger partial charge in [-0.05, 0) is 24.3 Å². The maximum Gasteiger partial charge on any atom is 0.299 e. The topological polar surface area (TPSA) is 68.2 Å². The van der Waals surface area contributed by atoms with Crippen LogP contribution in [0.25, 0.3) is 5.65 Å². The number of halogens is 2. The van der Waals surface area contributed by atoms with E-state index in [1.54, 1.807) is 30.5 Å².